The molecule has 188 valence electrons. The van der Waals surface area contributed by atoms with Crippen LogP contribution in [0.15, 0.2) is 93.9 Å². The van der Waals surface area contributed by atoms with Crippen LogP contribution >= 0.6 is 28.1 Å². The Hall–Kier alpha value is -3.49. The molecule has 4 aromatic rings. The fourth-order valence-electron chi connectivity index (χ4n) is 4.62. The van der Waals surface area contributed by atoms with Crippen LogP contribution in [-0.2, 0) is 11.2 Å². The highest BCUT2D eigenvalue weighted by atomic mass is 79.9. The van der Waals surface area contributed by atoms with Crippen molar-refractivity contribution in [1.29, 1.82) is 0 Å². The first-order valence-electron chi connectivity index (χ1n) is 12.2. The van der Waals surface area contributed by atoms with Gasteiger partial charge in [0.05, 0.1) is 11.7 Å². The van der Waals surface area contributed by atoms with Gasteiger partial charge in [-0.2, -0.15) is 0 Å². The van der Waals surface area contributed by atoms with Crippen molar-refractivity contribution in [1.82, 2.24) is 15.2 Å². The van der Waals surface area contributed by atoms with Crippen molar-refractivity contribution >= 4 is 44.9 Å². The second-order valence-electron chi connectivity index (χ2n) is 8.84. The van der Waals surface area contributed by atoms with Crippen molar-refractivity contribution in [3.05, 3.63) is 107 Å². The lowest BCUT2D eigenvalue weighted by Gasteiger charge is -2.26. The van der Waals surface area contributed by atoms with E-state index >= 15 is 0 Å². The Labute approximate surface area is 230 Å². The predicted molar refractivity (Wildman–Crippen MR) is 153 cm³/mol. The number of rotatable bonds is 8. The number of pyridine rings is 1. The summed E-state index contributed by atoms with van der Waals surface area (Å²) < 4.78 is 7.38. The van der Waals surface area contributed by atoms with Gasteiger partial charge in [-0.15, -0.1) is 0 Å². The summed E-state index contributed by atoms with van der Waals surface area (Å²) in [5.41, 5.74) is 3.81. The SMILES string of the molecule is CCc1ccccc1NC(=O)CCN1C(=S)N[C@H](c2ccccn2)[C@H]1c1ccc(-c2ccc(Br)cc2)o1. The third kappa shape index (κ3) is 5.60. The topological polar surface area (TPSA) is 70.4 Å². The van der Waals surface area contributed by atoms with Crippen LogP contribution in [0.4, 0.5) is 5.69 Å². The molecule has 2 aromatic heterocycles. The van der Waals surface area contributed by atoms with Crippen molar-refractivity contribution in [2.75, 3.05) is 11.9 Å². The molecule has 0 radical (unpaired) electrons. The van der Waals surface area contributed by atoms with Gasteiger partial charge in [0.25, 0.3) is 0 Å². The number of hydrogen-bond donors (Lipinski definition) is 2. The molecule has 8 heteroatoms. The second-order valence-corrected chi connectivity index (χ2v) is 10.1. The Morgan fingerprint density at radius 1 is 1.08 bits per heavy atom. The number of hydrogen-bond acceptors (Lipinski definition) is 4. The lowest BCUT2D eigenvalue weighted by molar-refractivity contribution is -0.116. The molecule has 1 amide bonds. The molecule has 1 saturated heterocycles. The molecule has 5 rings (SSSR count). The lowest BCUT2D eigenvalue weighted by atomic mass is 10.0. The van der Waals surface area contributed by atoms with Gasteiger partial charge in [0, 0.05) is 34.9 Å². The van der Waals surface area contributed by atoms with Crippen LogP contribution in [0.1, 0.15) is 42.4 Å². The molecular formula is C29H27BrN4O2S. The fraction of sp³-hybridized carbons (Fsp3) is 0.207. The van der Waals surface area contributed by atoms with E-state index < -0.39 is 0 Å². The highest BCUT2D eigenvalue weighted by Gasteiger charge is 2.41. The van der Waals surface area contributed by atoms with Gasteiger partial charge in [0.1, 0.15) is 17.6 Å². The maximum absolute atomic E-state index is 12.9. The lowest BCUT2D eigenvalue weighted by Crippen LogP contribution is -2.32. The zero-order valence-corrected chi connectivity index (χ0v) is 22.8. The number of amides is 1. The molecule has 3 heterocycles. The highest BCUT2D eigenvalue weighted by molar-refractivity contribution is 9.10. The van der Waals surface area contributed by atoms with Crippen LogP contribution in [0.2, 0.25) is 0 Å². The summed E-state index contributed by atoms with van der Waals surface area (Å²) in [7, 11) is 0. The van der Waals surface area contributed by atoms with Gasteiger partial charge in [-0.25, -0.2) is 0 Å². The van der Waals surface area contributed by atoms with E-state index in [9.17, 15) is 4.79 Å². The summed E-state index contributed by atoms with van der Waals surface area (Å²) in [5, 5.41) is 7.05. The summed E-state index contributed by atoms with van der Waals surface area (Å²) in [4.78, 5) is 19.5. The van der Waals surface area contributed by atoms with Crippen LogP contribution in [0.3, 0.4) is 0 Å². The number of furan rings is 1. The van der Waals surface area contributed by atoms with Crippen LogP contribution in [-0.4, -0.2) is 27.4 Å². The fourth-order valence-corrected chi connectivity index (χ4v) is 5.22. The van der Waals surface area contributed by atoms with Crippen LogP contribution in [0.5, 0.6) is 0 Å². The van der Waals surface area contributed by atoms with Crippen molar-refractivity contribution < 1.29 is 9.21 Å². The minimum absolute atomic E-state index is 0.0567. The minimum Gasteiger partial charge on any atom is -0.459 e. The number of benzene rings is 2. The molecule has 1 aliphatic heterocycles. The Morgan fingerprint density at radius 2 is 1.86 bits per heavy atom. The van der Waals surface area contributed by atoms with Gasteiger partial charge in [-0.05, 0) is 66.7 Å². The predicted octanol–water partition coefficient (Wildman–Crippen LogP) is 6.67. The number of thiocarbonyl (C=S) groups is 1. The maximum Gasteiger partial charge on any atom is 0.226 e. The molecular weight excluding hydrogens is 548 g/mol. The minimum atomic E-state index is -0.248. The number of nitrogens with zero attached hydrogens (tertiary/aromatic N) is 2. The highest BCUT2D eigenvalue weighted by Crippen LogP contribution is 2.40. The summed E-state index contributed by atoms with van der Waals surface area (Å²) in [6, 6.07) is 25.2. The third-order valence-corrected chi connectivity index (χ3v) is 7.38. The van der Waals surface area contributed by atoms with Gasteiger partial charge < -0.3 is 20.0 Å². The third-order valence-electron chi connectivity index (χ3n) is 6.50. The zero-order chi connectivity index (χ0) is 25.8. The molecule has 0 aliphatic carbocycles. The van der Waals surface area contributed by atoms with Gasteiger partial charge in [0.2, 0.25) is 5.91 Å². The normalized spacial score (nSPS) is 17.0. The number of aryl methyl sites for hydroxylation is 1. The first-order valence-corrected chi connectivity index (χ1v) is 13.4. The van der Waals surface area contributed by atoms with Gasteiger partial charge in [-0.3, -0.25) is 9.78 Å². The van der Waals surface area contributed by atoms with E-state index in [2.05, 4.69) is 38.5 Å². The molecule has 1 fully saturated rings. The van der Waals surface area contributed by atoms with Crippen molar-refractivity contribution in [2.24, 2.45) is 0 Å². The van der Waals surface area contributed by atoms with Crippen LogP contribution < -0.4 is 10.6 Å². The molecule has 1 aliphatic rings. The van der Waals surface area contributed by atoms with Crippen molar-refractivity contribution in [2.45, 2.75) is 31.8 Å². The second kappa shape index (κ2) is 11.3. The Balaban J connectivity index is 1.39. The van der Waals surface area contributed by atoms with Crippen LogP contribution in [0, 0.1) is 0 Å². The molecule has 37 heavy (non-hydrogen) atoms. The summed E-state index contributed by atoms with van der Waals surface area (Å²) in [5.74, 6) is 1.48. The van der Waals surface area contributed by atoms with E-state index in [0.29, 0.717) is 11.7 Å². The molecule has 0 unspecified atom stereocenters. The molecule has 0 saturated carbocycles. The van der Waals surface area contributed by atoms with E-state index in [1.165, 1.54) is 0 Å². The number of aromatic nitrogens is 1. The number of carbonyl (C=O) groups excluding carboxylic acids is 1. The summed E-state index contributed by atoms with van der Waals surface area (Å²) >= 11 is 9.22. The largest absolute Gasteiger partial charge is 0.459 e. The molecule has 2 N–H and O–H groups in total. The number of nitrogens with one attached hydrogen (secondary N) is 2. The number of halogens is 1. The average molecular weight is 576 g/mol. The molecule has 6 nitrogen and oxygen atoms in total. The smallest absolute Gasteiger partial charge is 0.226 e. The Kier molecular flexibility index (Phi) is 7.67. The Bertz CT molecular complexity index is 1390. The number of carbonyl (C=O) groups is 1. The van der Waals surface area contributed by atoms with Crippen LogP contribution in [0.25, 0.3) is 11.3 Å². The average Bonchev–Trinajstić information content (AvgIpc) is 3.53. The molecule has 0 bridgehead atoms. The van der Waals surface area contributed by atoms with Crippen molar-refractivity contribution in [3.63, 3.8) is 0 Å². The van der Waals surface area contributed by atoms with Crippen molar-refractivity contribution in [3.8, 4) is 11.3 Å². The summed E-state index contributed by atoms with van der Waals surface area (Å²) in [6.07, 6.45) is 2.91. The van der Waals surface area contributed by atoms with E-state index in [0.717, 1.165) is 44.9 Å². The van der Waals surface area contributed by atoms with E-state index in [-0.39, 0.29) is 24.4 Å². The number of anilines is 1. The first-order chi connectivity index (χ1) is 18.0. The zero-order valence-electron chi connectivity index (χ0n) is 20.4. The quantitative estimate of drug-likeness (QED) is 0.229. The standard InChI is InChI=1S/C29H27BrN4O2S/c1-2-19-7-3-4-8-22(19)32-26(35)16-18-34-28(27(33-29(34)37)23-9-5-6-17-31-23)25-15-14-24(36-25)20-10-12-21(30)13-11-20/h3-15,17,27-28H,2,16,18H2,1H3,(H,32,35)(H,33,37)/t27-,28-/m1/s1. The van der Waals surface area contributed by atoms with Gasteiger partial charge >= 0.3 is 0 Å². The van der Waals surface area contributed by atoms with E-state index in [1.807, 2.05) is 83.8 Å². The molecule has 2 atom stereocenters. The molecule has 0 spiro atoms. The monoisotopic (exact) mass is 574 g/mol. The Morgan fingerprint density at radius 3 is 2.62 bits per heavy atom. The van der Waals surface area contributed by atoms with E-state index in [4.69, 9.17) is 16.6 Å². The number of para-hydroxylation sites is 1. The van der Waals surface area contributed by atoms with Gasteiger partial charge in [0.15, 0.2) is 5.11 Å². The maximum atomic E-state index is 12.9. The van der Waals surface area contributed by atoms with Gasteiger partial charge in [-0.1, -0.05) is 59.3 Å². The first kappa shape index (κ1) is 25.2. The summed E-state index contributed by atoms with van der Waals surface area (Å²) in [6.45, 7) is 2.52. The molecule has 2 aromatic carbocycles. The van der Waals surface area contributed by atoms with E-state index in [1.54, 1.807) is 6.20 Å².